The summed E-state index contributed by atoms with van der Waals surface area (Å²) in [6.07, 6.45) is 3.75. The highest BCUT2D eigenvalue weighted by atomic mass is 16.2. The minimum Gasteiger partial charge on any atom is -0.309 e. The number of carbonyl (C=O) groups excluding carboxylic acids is 2. The van der Waals surface area contributed by atoms with Crippen LogP contribution in [0.2, 0.25) is 0 Å². The fraction of sp³-hybridized carbons (Fsp3) is 0.733. The Kier molecular flexibility index (Phi) is 4.09. The van der Waals surface area contributed by atoms with E-state index in [0.29, 0.717) is 6.54 Å². The van der Waals surface area contributed by atoms with Crippen LogP contribution >= 0.6 is 0 Å². The topological polar surface area (TPSA) is 40.6 Å². The first-order chi connectivity index (χ1) is 8.91. The molecule has 0 bridgehead atoms. The van der Waals surface area contributed by atoms with Crippen LogP contribution in [0, 0.1) is 17.8 Å². The van der Waals surface area contributed by atoms with Crippen molar-refractivity contribution in [2.45, 2.75) is 26.7 Å². The summed E-state index contributed by atoms with van der Waals surface area (Å²) >= 11 is 0. The second-order valence-corrected chi connectivity index (χ2v) is 6.19. The van der Waals surface area contributed by atoms with Gasteiger partial charge in [0, 0.05) is 6.54 Å². The van der Waals surface area contributed by atoms with Crippen LogP contribution in [0.15, 0.2) is 11.6 Å². The molecule has 0 aromatic heterocycles. The van der Waals surface area contributed by atoms with Crippen molar-refractivity contribution in [3.63, 3.8) is 0 Å². The zero-order valence-corrected chi connectivity index (χ0v) is 12.3. The van der Waals surface area contributed by atoms with Crippen molar-refractivity contribution < 1.29 is 9.59 Å². The standard InChI is InChI=1S/C15H24N2O2/c1-10-8-11(2)13-12(9-10)14(18)17(15(13)19)7-5-6-16(3)4/h8,11-13H,5-7,9H2,1-4H3/t11-,12+,13-/m1/s1. The average Bonchev–Trinajstić information content (AvgIpc) is 2.53. The minimum absolute atomic E-state index is 0.0463. The first-order valence-electron chi connectivity index (χ1n) is 7.09. The first kappa shape index (κ1) is 14.3. The van der Waals surface area contributed by atoms with Gasteiger partial charge in [0.2, 0.25) is 11.8 Å². The third-order valence-corrected chi connectivity index (χ3v) is 4.21. The molecular weight excluding hydrogens is 240 g/mol. The quantitative estimate of drug-likeness (QED) is 0.571. The summed E-state index contributed by atoms with van der Waals surface area (Å²) in [5, 5.41) is 0. The van der Waals surface area contributed by atoms with Gasteiger partial charge in [-0.05, 0) is 46.3 Å². The van der Waals surface area contributed by atoms with Crippen LogP contribution in [0.4, 0.5) is 0 Å². The highest BCUT2D eigenvalue weighted by Crippen LogP contribution is 2.40. The number of amides is 2. The molecule has 0 saturated carbocycles. The van der Waals surface area contributed by atoms with Crippen LogP contribution in [0.5, 0.6) is 0 Å². The van der Waals surface area contributed by atoms with E-state index < -0.39 is 0 Å². The van der Waals surface area contributed by atoms with Crippen molar-refractivity contribution in [2.75, 3.05) is 27.2 Å². The van der Waals surface area contributed by atoms with Gasteiger partial charge in [0.25, 0.3) is 0 Å². The maximum Gasteiger partial charge on any atom is 0.233 e. The lowest BCUT2D eigenvalue weighted by atomic mass is 9.76. The molecule has 2 rings (SSSR count). The highest BCUT2D eigenvalue weighted by Gasteiger charge is 2.50. The van der Waals surface area contributed by atoms with E-state index in [1.165, 1.54) is 10.5 Å². The summed E-state index contributed by atoms with van der Waals surface area (Å²) in [7, 11) is 4.01. The van der Waals surface area contributed by atoms with Crippen molar-refractivity contribution >= 4 is 11.8 Å². The van der Waals surface area contributed by atoms with E-state index in [1.54, 1.807) is 0 Å². The Morgan fingerprint density at radius 3 is 2.63 bits per heavy atom. The van der Waals surface area contributed by atoms with Crippen LogP contribution in [0.25, 0.3) is 0 Å². The lowest BCUT2D eigenvalue weighted by molar-refractivity contribution is -0.140. The lowest BCUT2D eigenvalue weighted by Gasteiger charge is -2.25. The van der Waals surface area contributed by atoms with Gasteiger partial charge in [-0.2, -0.15) is 0 Å². The summed E-state index contributed by atoms with van der Waals surface area (Å²) in [6, 6.07) is 0. The Morgan fingerprint density at radius 1 is 1.32 bits per heavy atom. The Labute approximate surface area is 115 Å². The van der Waals surface area contributed by atoms with Gasteiger partial charge < -0.3 is 4.90 Å². The Bertz CT molecular complexity index is 414. The summed E-state index contributed by atoms with van der Waals surface area (Å²) < 4.78 is 0. The Balaban J connectivity index is 2.06. The molecule has 3 atom stereocenters. The van der Waals surface area contributed by atoms with Crippen LogP contribution in [0.3, 0.4) is 0 Å². The number of imide groups is 1. The molecular formula is C15H24N2O2. The second kappa shape index (κ2) is 5.45. The number of carbonyl (C=O) groups is 2. The van der Waals surface area contributed by atoms with E-state index in [9.17, 15) is 9.59 Å². The zero-order chi connectivity index (χ0) is 14.2. The van der Waals surface area contributed by atoms with Gasteiger partial charge in [-0.25, -0.2) is 0 Å². The number of allylic oxidation sites excluding steroid dienone is 2. The highest BCUT2D eigenvalue weighted by molar-refractivity contribution is 6.05. The molecule has 4 nitrogen and oxygen atoms in total. The molecule has 1 saturated heterocycles. The van der Waals surface area contributed by atoms with Crippen LogP contribution in [-0.2, 0) is 9.59 Å². The minimum atomic E-state index is -0.115. The Hall–Kier alpha value is -1.16. The van der Waals surface area contributed by atoms with E-state index in [2.05, 4.69) is 24.8 Å². The van der Waals surface area contributed by atoms with E-state index in [4.69, 9.17) is 0 Å². The Morgan fingerprint density at radius 2 is 2.00 bits per heavy atom. The molecule has 0 aromatic rings. The van der Waals surface area contributed by atoms with E-state index in [0.717, 1.165) is 19.4 Å². The number of hydrogen-bond acceptors (Lipinski definition) is 3. The molecule has 0 unspecified atom stereocenters. The maximum absolute atomic E-state index is 12.4. The molecule has 1 fully saturated rings. The molecule has 0 radical (unpaired) electrons. The predicted molar refractivity (Wildman–Crippen MR) is 74.4 cm³/mol. The molecule has 2 amide bonds. The molecule has 1 aliphatic carbocycles. The molecule has 1 heterocycles. The first-order valence-corrected chi connectivity index (χ1v) is 7.09. The molecule has 106 valence electrons. The van der Waals surface area contributed by atoms with E-state index in [-0.39, 0.29) is 29.6 Å². The molecule has 2 aliphatic rings. The van der Waals surface area contributed by atoms with E-state index in [1.807, 2.05) is 14.1 Å². The summed E-state index contributed by atoms with van der Waals surface area (Å²) in [6.45, 7) is 5.57. The molecule has 0 N–H and O–H groups in total. The van der Waals surface area contributed by atoms with Crippen molar-refractivity contribution in [3.05, 3.63) is 11.6 Å². The van der Waals surface area contributed by atoms with Gasteiger partial charge >= 0.3 is 0 Å². The molecule has 0 spiro atoms. The lowest BCUT2D eigenvalue weighted by Crippen LogP contribution is -2.34. The largest absolute Gasteiger partial charge is 0.309 e. The number of rotatable bonds is 4. The maximum atomic E-state index is 12.4. The number of likely N-dealkylation sites (tertiary alicyclic amines) is 1. The number of nitrogens with zero attached hydrogens (tertiary/aromatic N) is 2. The smallest absolute Gasteiger partial charge is 0.233 e. The van der Waals surface area contributed by atoms with Crippen molar-refractivity contribution in [2.24, 2.45) is 17.8 Å². The number of hydrogen-bond donors (Lipinski definition) is 0. The molecule has 0 aromatic carbocycles. The monoisotopic (exact) mass is 264 g/mol. The van der Waals surface area contributed by atoms with Gasteiger partial charge in [0.05, 0.1) is 11.8 Å². The van der Waals surface area contributed by atoms with Gasteiger partial charge in [0.15, 0.2) is 0 Å². The van der Waals surface area contributed by atoms with Crippen molar-refractivity contribution in [3.8, 4) is 0 Å². The normalized spacial score (nSPS) is 30.9. The van der Waals surface area contributed by atoms with Crippen molar-refractivity contribution in [1.82, 2.24) is 9.80 Å². The molecule has 1 aliphatic heterocycles. The predicted octanol–water partition coefficient (Wildman–Crippen LogP) is 1.53. The van der Waals surface area contributed by atoms with Gasteiger partial charge in [-0.3, -0.25) is 14.5 Å². The third-order valence-electron chi connectivity index (χ3n) is 4.21. The van der Waals surface area contributed by atoms with Crippen LogP contribution in [-0.4, -0.2) is 48.8 Å². The SMILES string of the molecule is CC1=C[C@@H](C)[C@H]2C(=O)N(CCCN(C)C)C(=O)[C@H]2C1. The number of fused-ring (bicyclic) bond motifs is 1. The summed E-state index contributed by atoms with van der Waals surface area (Å²) in [5.41, 5.74) is 1.24. The van der Waals surface area contributed by atoms with Crippen LogP contribution in [0.1, 0.15) is 26.7 Å². The molecule has 4 heteroatoms. The van der Waals surface area contributed by atoms with Gasteiger partial charge in [-0.1, -0.05) is 18.6 Å². The fourth-order valence-electron chi connectivity index (χ4n) is 3.35. The zero-order valence-electron chi connectivity index (χ0n) is 12.3. The second-order valence-electron chi connectivity index (χ2n) is 6.19. The van der Waals surface area contributed by atoms with E-state index >= 15 is 0 Å². The van der Waals surface area contributed by atoms with Gasteiger partial charge in [-0.15, -0.1) is 0 Å². The fourth-order valence-corrected chi connectivity index (χ4v) is 3.35. The van der Waals surface area contributed by atoms with Gasteiger partial charge in [0.1, 0.15) is 0 Å². The van der Waals surface area contributed by atoms with Crippen molar-refractivity contribution in [1.29, 1.82) is 0 Å². The molecule has 19 heavy (non-hydrogen) atoms. The van der Waals surface area contributed by atoms with Crippen LogP contribution < -0.4 is 0 Å². The third kappa shape index (κ3) is 2.73. The average molecular weight is 264 g/mol. The summed E-state index contributed by atoms with van der Waals surface area (Å²) in [4.78, 5) is 28.4. The summed E-state index contributed by atoms with van der Waals surface area (Å²) in [5.74, 6) is 0.0644.